The van der Waals surface area contributed by atoms with Gasteiger partial charge in [-0.15, -0.1) is 0 Å². The number of aryl methyl sites for hydroxylation is 1. The van der Waals surface area contributed by atoms with Crippen LogP contribution in [0.15, 0.2) is 22.7 Å². The predicted molar refractivity (Wildman–Crippen MR) is 52.1 cm³/mol. The lowest BCUT2D eigenvalue weighted by atomic mass is 10.2. The second-order valence-corrected chi connectivity index (χ2v) is 3.33. The van der Waals surface area contributed by atoms with Gasteiger partial charge < -0.3 is 11.1 Å². The number of hydrogen-bond acceptors (Lipinski definition) is 1. The van der Waals surface area contributed by atoms with Gasteiger partial charge >= 0.3 is 6.03 Å². The van der Waals surface area contributed by atoms with Gasteiger partial charge in [-0.25, -0.2) is 4.79 Å². The van der Waals surface area contributed by atoms with Crippen LogP contribution in [0.5, 0.6) is 0 Å². The average molecular weight is 229 g/mol. The number of carbonyl (C=O) groups excluding carboxylic acids is 1. The number of carbonyl (C=O) groups is 1. The summed E-state index contributed by atoms with van der Waals surface area (Å²) < 4.78 is 0.835. The number of nitrogens with two attached hydrogens (primary N) is 1. The molecule has 0 saturated heterocycles. The summed E-state index contributed by atoms with van der Waals surface area (Å²) >= 11 is 3.31. The molecule has 3 N–H and O–H groups in total. The average Bonchev–Trinajstić information content (AvgIpc) is 1.94. The van der Waals surface area contributed by atoms with Gasteiger partial charge in [-0.3, -0.25) is 0 Å². The Kier molecular flexibility index (Phi) is 2.70. The van der Waals surface area contributed by atoms with E-state index in [1.165, 1.54) is 0 Å². The van der Waals surface area contributed by atoms with Crippen LogP contribution >= 0.6 is 15.9 Å². The van der Waals surface area contributed by atoms with Gasteiger partial charge in [0.15, 0.2) is 0 Å². The molecule has 64 valence electrons. The molecule has 0 radical (unpaired) electrons. The van der Waals surface area contributed by atoms with E-state index >= 15 is 0 Å². The molecular weight excluding hydrogens is 220 g/mol. The zero-order valence-corrected chi connectivity index (χ0v) is 8.18. The number of halogens is 1. The van der Waals surface area contributed by atoms with Crippen LogP contribution in [-0.2, 0) is 0 Å². The molecule has 12 heavy (non-hydrogen) atoms. The Labute approximate surface area is 79.1 Å². The first-order valence-electron chi connectivity index (χ1n) is 3.42. The SMILES string of the molecule is Cc1ccc(NC(N)=O)c(Br)c1. The van der Waals surface area contributed by atoms with E-state index in [0.29, 0.717) is 5.69 Å². The third-order valence-corrected chi connectivity index (χ3v) is 2.04. The van der Waals surface area contributed by atoms with E-state index in [1.807, 2.05) is 19.1 Å². The van der Waals surface area contributed by atoms with Crippen molar-refractivity contribution >= 4 is 27.6 Å². The number of nitrogens with one attached hydrogen (secondary N) is 1. The Morgan fingerprint density at radius 1 is 1.58 bits per heavy atom. The Morgan fingerprint density at radius 2 is 2.25 bits per heavy atom. The lowest BCUT2D eigenvalue weighted by molar-refractivity contribution is 0.259. The summed E-state index contributed by atoms with van der Waals surface area (Å²) in [4.78, 5) is 10.5. The van der Waals surface area contributed by atoms with Crippen molar-refractivity contribution in [1.29, 1.82) is 0 Å². The number of primary amides is 1. The van der Waals surface area contributed by atoms with E-state index in [9.17, 15) is 4.79 Å². The second kappa shape index (κ2) is 3.58. The first-order valence-corrected chi connectivity index (χ1v) is 4.21. The van der Waals surface area contributed by atoms with Gasteiger partial charge in [0.05, 0.1) is 5.69 Å². The fourth-order valence-corrected chi connectivity index (χ4v) is 1.45. The highest BCUT2D eigenvalue weighted by Crippen LogP contribution is 2.22. The van der Waals surface area contributed by atoms with Crippen molar-refractivity contribution < 1.29 is 4.79 Å². The molecule has 0 aliphatic carbocycles. The zero-order valence-electron chi connectivity index (χ0n) is 6.60. The van der Waals surface area contributed by atoms with Gasteiger partial charge in [0, 0.05) is 4.47 Å². The van der Waals surface area contributed by atoms with Crippen LogP contribution in [0.3, 0.4) is 0 Å². The number of hydrogen-bond donors (Lipinski definition) is 2. The molecule has 1 aromatic rings. The minimum absolute atomic E-state index is 0.556. The lowest BCUT2D eigenvalue weighted by Gasteiger charge is -2.04. The fraction of sp³-hybridized carbons (Fsp3) is 0.125. The largest absolute Gasteiger partial charge is 0.351 e. The first kappa shape index (κ1) is 9.06. The smallest absolute Gasteiger partial charge is 0.316 e. The molecule has 0 aliphatic rings. The normalized spacial score (nSPS) is 9.50. The molecule has 0 unspecified atom stereocenters. The van der Waals surface area contributed by atoms with Crippen LogP contribution < -0.4 is 11.1 Å². The zero-order chi connectivity index (χ0) is 9.14. The van der Waals surface area contributed by atoms with E-state index in [4.69, 9.17) is 5.73 Å². The summed E-state index contributed by atoms with van der Waals surface area (Å²) in [6, 6.07) is 5.05. The van der Waals surface area contributed by atoms with Gasteiger partial charge in [-0.1, -0.05) is 6.07 Å². The topological polar surface area (TPSA) is 55.1 Å². The van der Waals surface area contributed by atoms with Crippen LogP contribution in [0.25, 0.3) is 0 Å². The molecule has 0 saturated carbocycles. The Balaban J connectivity index is 2.93. The molecule has 0 bridgehead atoms. The van der Waals surface area contributed by atoms with E-state index < -0.39 is 6.03 Å². The second-order valence-electron chi connectivity index (χ2n) is 2.47. The van der Waals surface area contributed by atoms with Gasteiger partial charge in [0.2, 0.25) is 0 Å². The number of benzene rings is 1. The maximum atomic E-state index is 10.5. The summed E-state index contributed by atoms with van der Waals surface area (Å²) in [7, 11) is 0. The van der Waals surface area contributed by atoms with Crippen LogP contribution in [0.1, 0.15) is 5.56 Å². The third-order valence-electron chi connectivity index (χ3n) is 1.38. The Morgan fingerprint density at radius 3 is 2.75 bits per heavy atom. The van der Waals surface area contributed by atoms with Crippen molar-refractivity contribution in [3.8, 4) is 0 Å². The summed E-state index contributed by atoms with van der Waals surface area (Å²) in [5, 5.41) is 2.49. The van der Waals surface area contributed by atoms with Gasteiger partial charge in [-0.05, 0) is 40.5 Å². The molecule has 0 heterocycles. The molecule has 0 aliphatic heterocycles. The van der Waals surface area contributed by atoms with Crippen LogP contribution in [0.4, 0.5) is 10.5 Å². The molecule has 0 fully saturated rings. The molecule has 0 atom stereocenters. The molecule has 3 nitrogen and oxygen atoms in total. The highest BCUT2D eigenvalue weighted by atomic mass is 79.9. The number of urea groups is 1. The minimum atomic E-state index is -0.556. The van der Waals surface area contributed by atoms with Crippen LogP contribution in [0, 0.1) is 6.92 Å². The van der Waals surface area contributed by atoms with Crippen molar-refractivity contribution in [1.82, 2.24) is 0 Å². The van der Waals surface area contributed by atoms with E-state index in [2.05, 4.69) is 21.2 Å². The molecule has 0 aromatic heterocycles. The highest BCUT2D eigenvalue weighted by molar-refractivity contribution is 9.10. The number of amides is 2. The Hall–Kier alpha value is -1.03. The molecule has 1 aromatic carbocycles. The van der Waals surface area contributed by atoms with Gasteiger partial charge in [0.1, 0.15) is 0 Å². The van der Waals surface area contributed by atoms with Crippen molar-refractivity contribution in [2.45, 2.75) is 6.92 Å². The van der Waals surface area contributed by atoms with Crippen molar-refractivity contribution in [2.75, 3.05) is 5.32 Å². The molecular formula is C8H9BrN2O. The molecule has 4 heteroatoms. The van der Waals surface area contributed by atoms with Crippen LogP contribution in [0.2, 0.25) is 0 Å². The first-order chi connectivity index (χ1) is 5.59. The Bertz CT molecular complexity index is 312. The van der Waals surface area contributed by atoms with Gasteiger partial charge in [-0.2, -0.15) is 0 Å². The maximum Gasteiger partial charge on any atom is 0.316 e. The van der Waals surface area contributed by atoms with E-state index in [0.717, 1.165) is 10.0 Å². The van der Waals surface area contributed by atoms with Crippen LogP contribution in [-0.4, -0.2) is 6.03 Å². The predicted octanol–water partition coefficient (Wildman–Crippen LogP) is 2.25. The van der Waals surface area contributed by atoms with Crippen molar-refractivity contribution in [3.63, 3.8) is 0 Å². The minimum Gasteiger partial charge on any atom is -0.351 e. The fourth-order valence-electron chi connectivity index (χ4n) is 0.854. The molecule has 0 spiro atoms. The highest BCUT2D eigenvalue weighted by Gasteiger charge is 2.00. The standard InChI is InChI=1S/C8H9BrN2O/c1-5-2-3-7(6(9)4-5)11-8(10)12/h2-4H,1H3,(H3,10,11,12). The summed E-state index contributed by atoms with van der Waals surface area (Å²) in [5.74, 6) is 0. The van der Waals surface area contributed by atoms with Crippen molar-refractivity contribution in [3.05, 3.63) is 28.2 Å². The van der Waals surface area contributed by atoms with E-state index in [-0.39, 0.29) is 0 Å². The lowest BCUT2D eigenvalue weighted by Crippen LogP contribution is -2.19. The molecule has 1 rings (SSSR count). The maximum absolute atomic E-state index is 10.5. The monoisotopic (exact) mass is 228 g/mol. The summed E-state index contributed by atoms with van der Waals surface area (Å²) in [6.07, 6.45) is 0. The quantitative estimate of drug-likeness (QED) is 0.762. The van der Waals surface area contributed by atoms with Crippen molar-refractivity contribution in [2.24, 2.45) is 5.73 Å². The summed E-state index contributed by atoms with van der Waals surface area (Å²) in [6.45, 7) is 1.97. The molecule has 2 amide bonds. The van der Waals surface area contributed by atoms with Gasteiger partial charge in [0.25, 0.3) is 0 Å². The third kappa shape index (κ3) is 2.23. The summed E-state index contributed by atoms with van der Waals surface area (Å²) in [5.41, 5.74) is 6.77. The number of rotatable bonds is 1. The number of anilines is 1. The van der Waals surface area contributed by atoms with E-state index in [1.54, 1.807) is 6.07 Å².